The Morgan fingerprint density at radius 1 is 1.16 bits per heavy atom. The van der Waals surface area contributed by atoms with Crippen molar-refractivity contribution < 1.29 is 18.0 Å². The van der Waals surface area contributed by atoms with E-state index in [1.165, 1.54) is 28.2 Å². The molecule has 3 aromatic rings. The van der Waals surface area contributed by atoms with Gasteiger partial charge in [0.1, 0.15) is 5.82 Å². The van der Waals surface area contributed by atoms with Crippen LogP contribution in [0.2, 0.25) is 0 Å². The van der Waals surface area contributed by atoms with Crippen LogP contribution in [0.4, 0.5) is 18.9 Å². The predicted octanol–water partition coefficient (Wildman–Crippen LogP) is 4.97. The number of carbonyl (C=O) groups excluding carboxylic acids is 1. The fourth-order valence-electron chi connectivity index (χ4n) is 3.92. The Hall–Kier alpha value is -4.48. The van der Waals surface area contributed by atoms with E-state index in [9.17, 15) is 18.0 Å². The highest BCUT2D eigenvalue weighted by Crippen LogP contribution is 2.36. The summed E-state index contributed by atoms with van der Waals surface area (Å²) in [6.45, 7) is 9.32. The quantitative estimate of drug-likeness (QED) is 0.482. The largest absolute Gasteiger partial charge is 0.434 e. The van der Waals surface area contributed by atoms with E-state index in [1.54, 1.807) is 37.4 Å². The molecular formula is C25H25F3N8O. The van der Waals surface area contributed by atoms with Gasteiger partial charge in [-0.05, 0) is 38.0 Å². The number of allylic oxidation sites excluding steroid dienone is 4. The molecule has 1 amide bonds. The molecule has 9 nitrogen and oxygen atoms in total. The Balaban J connectivity index is 1.76. The molecule has 1 N–H and O–H groups in total. The molecule has 0 bridgehead atoms. The molecule has 3 aromatic heterocycles. The monoisotopic (exact) mass is 510 g/mol. The third-order valence-corrected chi connectivity index (χ3v) is 5.62. The van der Waals surface area contributed by atoms with Crippen molar-refractivity contribution in [3.05, 3.63) is 90.0 Å². The molecule has 4 rings (SSSR count). The summed E-state index contributed by atoms with van der Waals surface area (Å²) < 4.78 is 43.6. The average Bonchev–Trinajstić information content (AvgIpc) is 3.55. The lowest BCUT2D eigenvalue weighted by Gasteiger charge is -2.27. The smallest absolute Gasteiger partial charge is 0.320 e. The number of rotatable bonds is 7. The number of halogens is 3. The second-order valence-electron chi connectivity index (χ2n) is 7.99. The number of pyridine rings is 1. The normalized spacial score (nSPS) is 13.9. The highest BCUT2D eigenvalue weighted by atomic mass is 19.4. The van der Waals surface area contributed by atoms with E-state index in [-0.39, 0.29) is 5.82 Å². The summed E-state index contributed by atoms with van der Waals surface area (Å²) in [5.74, 6) is -0.379. The number of aryl methyl sites for hydroxylation is 2. The van der Waals surface area contributed by atoms with E-state index in [4.69, 9.17) is 0 Å². The number of amides is 1. The Morgan fingerprint density at radius 3 is 2.51 bits per heavy atom. The van der Waals surface area contributed by atoms with E-state index in [0.29, 0.717) is 40.4 Å². The minimum absolute atomic E-state index is 0.0808. The lowest BCUT2D eigenvalue weighted by molar-refractivity contribution is -0.143. The summed E-state index contributed by atoms with van der Waals surface area (Å²) in [6, 6.07) is 1.69. The fourth-order valence-corrected chi connectivity index (χ4v) is 3.92. The number of hydrogen-bond acceptors (Lipinski definition) is 6. The molecule has 0 radical (unpaired) electrons. The Bertz CT molecular complexity index is 1410. The number of nitrogens with zero attached hydrogens (tertiary/aromatic N) is 7. The van der Waals surface area contributed by atoms with Crippen LogP contribution in [-0.2, 0) is 19.0 Å². The molecule has 37 heavy (non-hydrogen) atoms. The molecule has 0 saturated heterocycles. The Morgan fingerprint density at radius 2 is 1.89 bits per heavy atom. The zero-order chi connectivity index (χ0) is 26.7. The van der Waals surface area contributed by atoms with E-state index in [2.05, 4.69) is 32.2 Å². The van der Waals surface area contributed by atoms with Gasteiger partial charge < -0.3 is 10.2 Å². The van der Waals surface area contributed by atoms with Crippen molar-refractivity contribution in [1.82, 2.24) is 34.7 Å². The molecule has 0 aliphatic carbocycles. The van der Waals surface area contributed by atoms with Crippen LogP contribution in [0.1, 0.15) is 48.1 Å². The fraction of sp³-hybridized carbons (Fsp3) is 0.240. The van der Waals surface area contributed by atoms with Gasteiger partial charge in [-0.25, -0.2) is 9.67 Å². The van der Waals surface area contributed by atoms with Gasteiger partial charge in [0, 0.05) is 17.5 Å². The van der Waals surface area contributed by atoms with E-state index in [1.807, 2.05) is 13.8 Å². The molecule has 0 atom stereocenters. The molecule has 0 fully saturated rings. The first-order valence-corrected chi connectivity index (χ1v) is 11.5. The first-order chi connectivity index (χ1) is 17.7. The van der Waals surface area contributed by atoms with Crippen LogP contribution in [0.15, 0.2) is 67.4 Å². The number of anilines is 1. The maximum absolute atomic E-state index is 14.3. The van der Waals surface area contributed by atoms with Crippen LogP contribution in [0.3, 0.4) is 0 Å². The molecular weight excluding hydrogens is 485 g/mol. The second-order valence-corrected chi connectivity index (χ2v) is 7.99. The van der Waals surface area contributed by atoms with Crippen LogP contribution in [-0.4, -0.2) is 40.6 Å². The number of carbonyl (C=O) groups is 1. The molecule has 1 aliphatic heterocycles. The third kappa shape index (κ3) is 4.95. The first-order valence-electron chi connectivity index (χ1n) is 11.5. The van der Waals surface area contributed by atoms with Gasteiger partial charge >= 0.3 is 6.18 Å². The standard InChI is InChI=1S/C25H25F3N8O/c1-5-13-34-16(4)9-8-10-21(34)35-22(25(26,27)28)18(15-31-35)24(37)33-20-14-17(6-2)23(32-19(20)7-3)36-29-11-12-30-36/h5,8-15H,4,6-7H2,1-3H3,(H,33,37)/b13-5-. The van der Waals surface area contributed by atoms with Crippen molar-refractivity contribution >= 4 is 17.4 Å². The van der Waals surface area contributed by atoms with Crippen LogP contribution in [0.5, 0.6) is 0 Å². The summed E-state index contributed by atoms with van der Waals surface area (Å²) in [4.78, 5) is 20.6. The number of aromatic nitrogens is 6. The topological polar surface area (TPSA) is 93.8 Å². The number of nitrogens with one attached hydrogen (secondary N) is 1. The molecule has 1 aliphatic rings. The molecule has 0 unspecified atom stereocenters. The average molecular weight is 511 g/mol. The zero-order valence-corrected chi connectivity index (χ0v) is 20.5. The van der Waals surface area contributed by atoms with E-state index in [0.717, 1.165) is 11.8 Å². The van der Waals surface area contributed by atoms with Crippen LogP contribution < -0.4 is 5.32 Å². The minimum atomic E-state index is -4.87. The van der Waals surface area contributed by atoms with Crippen molar-refractivity contribution in [3.63, 3.8) is 0 Å². The van der Waals surface area contributed by atoms with Crippen molar-refractivity contribution in [1.29, 1.82) is 0 Å². The van der Waals surface area contributed by atoms with Gasteiger partial charge in [-0.3, -0.25) is 4.79 Å². The summed E-state index contributed by atoms with van der Waals surface area (Å²) in [6.07, 6.45) is 7.95. The van der Waals surface area contributed by atoms with Gasteiger partial charge in [-0.15, -0.1) is 4.80 Å². The van der Waals surface area contributed by atoms with Crippen LogP contribution in [0.25, 0.3) is 11.6 Å². The number of alkyl halides is 3. The summed E-state index contributed by atoms with van der Waals surface area (Å²) >= 11 is 0. The first kappa shape index (κ1) is 25.6. The maximum atomic E-state index is 14.3. The van der Waals surface area contributed by atoms with Crippen LogP contribution >= 0.6 is 0 Å². The van der Waals surface area contributed by atoms with E-state index < -0.39 is 23.3 Å². The van der Waals surface area contributed by atoms with Gasteiger partial charge in [0.25, 0.3) is 5.91 Å². The zero-order valence-electron chi connectivity index (χ0n) is 20.5. The Labute approximate surface area is 211 Å². The van der Waals surface area contributed by atoms with E-state index >= 15 is 0 Å². The second kappa shape index (κ2) is 10.2. The van der Waals surface area contributed by atoms with Crippen LogP contribution in [0, 0.1) is 0 Å². The maximum Gasteiger partial charge on any atom is 0.434 e. The third-order valence-electron chi connectivity index (χ3n) is 5.62. The molecule has 0 saturated carbocycles. The molecule has 12 heteroatoms. The molecule has 192 valence electrons. The SMILES string of the molecule is C=C1C=CC=C(n2ncc(C(=O)Nc3cc(CC)c(-n4nccn4)nc3CC)c2C(F)(F)F)N1/C=C\C. The van der Waals surface area contributed by atoms with Crippen molar-refractivity contribution in [2.75, 3.05) is 5.32 Å². The number of hydrogen-bond donors (Lipinski definition) is 1. The highest BCUT2D eigenvalue weighted by Gasteiger charge is 2.42. The van der Waals surface area contributed by atoms with Gasteiger partial charge in [0.15, 0.2) is 11.5 Å². The summed E-state index contributed by atoms with van der Waals surface area (Å²) in [5, 5.41) is 14.8. The molecule has 0 aromatic carbocycles. The van der Waals surface area contributed by atoms with Gasteiger partial charge in [0.2, 0.25) is 0 Å². The van der Waals surface area contributed by atoms with Gasteiger partial charge in [-0.2, -0.15) is 28.5 Å². The summed E-state index contributed by atoms with van der Waals surface area (Å²) in [5.41, 5.74) is 0.136. The molecule has 0 spiro atoms. The van der Waals surface area contributed by atoms with Crippen molar-refractivity contribution in [2.45, 2.75) is 39.8 Å². The van der Waals surface area contributed by atoms with Gasteiger partial charge in [-0.1, -0.05) is 32.6 Å². The molecule has 4 heterocycles. The summed E-state index contributed by atoms with van der Waals surface area (Å²) in [7, 11) is 0. The lowest BCUT2D eigenvalue weighted by atomic mass is 10.1. The predicted molar refractivity (Wildman–Crippen MR) is 132 cm³/mol. The minimum Gasteiger partial charge on any atom is -0.320 e. The van der Waals surface area contributed by atoms with Gasteiger partial charge in [0.05, 0.1) is 35.5 Å². The highest BCUT2D eigenvalue weighted by molar-refractivity contribution is 6.05. The Kier molecular flexibility index (Phi) is 7.09. The van der Waals surface area contributed by atoms with Crippen molar-refractivity contribution in [3.8, 4) is 5.82 Å². The van der Waals surface area contributed by atoms with Crippen molar-refractivity contribution in [2.24, 2.45) is 0 Å². The lowest BCUT2D eigenvalue weighted by Crippen LogP contribution is -2.26.